The van der Waals surface area contributed by atoms with Crippen molar-refractivity contribution in [3.63, 3.8) is 0 Å². The van der Waals surface area contributed by atoms with E-state index in [4.69, 9.17) is 5.26 Å². The van der Waals surface area contributed by atoms with Crippen molar-refractivity contribution in [3.05, 3.63) is 29.8 Å². The Morgan fingerprint density at radius 3 is 2.32 bits per heavy atom. The van der Waals surface area contributed by atoms with Gasteiger partial charge >= 0.3 is 0 Å². The summed E-state index contributed by atoms with van der Waals surface area (Å²) in [6.07, 6.45) is 3.00. The standard InChI is InChI=1S/C18H27N3O3S/c1-14(2)6-5-7-15(3)20-18(22)13-21(4)25(23,24)17-10-8-16(12-19)9-11-17/h8-11,14-15H,5-7,13H2,1-4H3,(H,20,22)/t15-/m0/s1. The summed E-state index contributed by atoms with van der Waals surface area (Å²) in [6, 6.07) is 7.58. The molecule has 0 spiro atoms. The predicted molar refractivity (Wildman–Crippen MR) is 97.3 cm³/mol. The number of carbonyl (C=O) groups is 1. The molecule has 0 saturated heterocycles. The van der Waals surface area contributed by atoms with Crippen LogP contribution in [-0.2, 0) is 14.8 Å². The minimum atomic E-state index is -3.76. The van der Waals surface area contributed by atoms with E-state index in [1.54, 1.807) is 0 Å². The third kappa shape index (κ3) is 6.85. The number of benzene rings is 1. The number of carbonyl (C=O) groups excluding carboxylic acids is 1. The Labute approximate surface area is 150 Å². The molecular weight excluding hydrogens is 338 g/mol. The fraction of sp³-hybridized carbons (Fsp3) is 0.556. The Balaban J connectivity index is 2.59. The van der Waals surface area contributed by atoms with Crippen LogP contribution in [0.15, 0.2) is 29.2 Å². The second kappa shape index (κ2) is 9.54. The third-order valence-corrected chi connectivity index (χ3v) is 5.70. The van der Waals surface area contributed by atoms with Crippen molar-refractivity contribution in [2.24, 2.45) is 5.92 Å². The molecule has 138 valence electrons. The van der Waals surface area contributed by atoms with Crippen LogP contribution < -0.4 is 5.32 Å². The van der Waals surface area contributed by atoms with E-state index in [2.05, 4.69) is 19.2 Å². The maximum atomic E-state index is 12.5. The number of hydrogen-bond donors (Lipinski definition) is 1. The first-order valence-corrected chi connectivity index (χ1v) is 9.86. The molecule has 0 fully saturated rings. The average molecular weight is 365 g/mol. The van der Waals surface area contributed by atoms with Gasteiger partial charge in [-0.25, -0.2) is 8.42 Å². The summed E-state index contributed by atoms with van der Waals surface area (Å²) in [5.74, 6) is 0.309. The number of rotatable bonds is 9. The number of sulfonamides is 1. The van der Waals surface area contributed by atoms with Crippen LogP contribution in [-0.4, -0.2) is 38.3 Å². The van der Waals surface area contributed by atoms with Gasteiger partial charge in [0.05, 0.1) is 23.1 Å². The molecule has 1 amide bonds. The van der Waals surface area contributed by atoms with E-state index in [0.29, 0.717) is 11.5 Å². The first-order valence-electron chi connectivity index (χ1n) is 8.42. The fourth-order valence-corrected chi connectivity index (χ4v) is 3.52. The maximum Gasteiger partial charge on any atom is 0.243 e. The van der Waals surface area contributed by atoms with Gasteiger partial charge in [-0.2, -0.15) is 9.57 Å². The van der Waals surface area contributed by atoms with Gasteiger partial charge in [-0.1, -0.05) is 26.7 Å². The molecule has 1 aromatic carbocycles. The van der Waals surface area contributed by atoms with Gasteiger partial charge in [0.1, 0.15) is 0 Å². The van der Waals surface area contributed by atoms with Crippen molar-refractivity contribution in [2.75, 3.05) is 13.6 Å². The number of nitrogens with zero attached hydrogens (tertiary/aromatic N) is 2. The Hall–Kier alpha value is -1.91. The molecule has 0 heterocycles. The Morgan fingerprint density at radius 1 is 1.20 bits per heavy atom. The SMILES string of the molecule is CC(C)CCC[C@H](C)NC(=O)CN(C)S(=O)(=O)c1ccc(C#N)cc1. The molecule has 0 aliphatic heterocycles. The summed E-state index contributed by atoms with van der Waals surface area (Å²) < 4.78 is 25.9. The van der Waals surface area contributed by atoms with E-state index < -0.39 is 10.0 Å². The molecule has 0 aliphatic carbocycles. The average Bonchev–Trinajstić information content (AvgIpc) is 2.54. The molecule has 1 aromatic rings. The second-order valence-corrected chi connectivity index (χ2v) is 8.74. The summed E-state index contributed by atoms with van der Waals surface area (Å²) in [5.41, 5.74) is 0.384. The van der Waals surface area contributed by atoms with Crippen LogP contribution in [0, 0.1) is 17.2 Å². The lowest BCUT2D eigenvalue weighted by Crippen LogP contribution is -2.41. The van der Waals surface area contributed by atoms with Gasteiger partial charge in [0.15, 0.2) is 0 Å². The van der Waals surface area contributed by atoms with E-state index in [1.807, 2.05) is 13.0 Å². The van der Waals surface area contributed by atoms with Gasteiger partial charge in [-0.15, -0.1) is 0 Å². The monoisotopic (exact) mass is 365 g/mol. The molecule has 1 N–H and O–H groups in total. The zero-order valence-corrected chi connectivity index (χ0v) is 16.1. The molecule has 0 saturated carbocycles. The van der Waals surface area contributed by atoms with Crippen LogP contribution in [0.5, 0.6) is 0 Å². The highest BCUT2D eigenvalue weighted by atomic mass is 32.2. The Morgan fingerprint density at radius 2 is 1.80 bits per heavy atom. The van der Waals surface area contributed by atoms with Crippen LogP contribution in [0.25, 0.3) is 0 Å². The van der Waals surface area contributed by atoms with Crippen molar-refractivity contribution in [2.45, 2.75) is 51.0 Å². The molecule has 0 unspecified atom stereocenters. The van der Waals surface area contributed by atoms with Crippen molar-refractivity contribution < 1.29 is 13.2 Å². The van der Waals surface area contributed by atoms with Crippen LogP contribution in [0.2, 0.25) is 0 Å². The summed E-state index contributed by atoms with van der Waals surface area (Å²) in [6.45, 7) is 6.00. The quantitative estimate of drug-likeness (QED) is 0.728. The van der Waals surface area contributed by atoms with Gasteiger partial charge in [0.2, 0.25) is 15.9 Å². The lowest BCUT2D eigenvalue weighted by Gasteiger charge is -2.19. The highest BCUT2D eigenvalue weighted by molar-refractivity contribution is 7.89. The molecule has 25 heavy (non-hydrogen) atoms. The zero-order valence-electron chi connectivity index (χ0n) is 15.3. The summed E-state index contributed by atoms with van der Waals surface area (Å²) in [4.78, 5) is 12.1. The van der Waals surface area contributed by atoms with Crippen LogP contribution in [0.3, 0.4) is 0 Å². The molecular formula is C18H27N3O3S. The van der Waals surface area contributed by atoms with Gasteiger partial charge in [0.25, 0.3) is 0 Å². The van der Waals surface area contributed by atoms with Gasteiger partial charge < -0.3 is 5.32 Å². The smallest absolute Gasteiger partial charge is 0.243 e. The first-order chi connectivity index (χ1) is 11.7. The number of nitrogens with one attached hydrogen (secondary N) is 1. The zero-order chi connectivity index (χ0) is 19.0. The highest BCUT2D eigenvalue weighted by Crippen LogP contribution is 2.15. The third-order valence-electron chi connectivity index (χ3n) is 3.88. The molecule has 7 heteroatoms. The first kappa shape index (κ1) is 21.1. The molecule has 1 atom stereocenters. The van der Waals surface area contributed by atoms with Gasteiger partial charge in [-0.05, 0) is 43.5 Å². The number of nitriles is 1. The topological polar surface area (TPSA) is 90.3 Å². The maximum absolute atomic E-state index is 12.5. The molecule has 6 nitrogen and oxygen atoms in total. The van der Waals surface area contributed by atoms with E-state index in [-0.39, 0.29) is 23.4 Å². The number of likely N-dealkylation sites (N-methyl/N-ethyl adjacent to an activating group) is 1. The van der Waals surface area contributed by atoms with Crippen LogP contribution in [0.1, 0.15) is 45.6 Å². The van der Waals surface area contributed by atoms with Crippen molar-refractivity contribution in [3.8, 4) is 6.07 Å². The van der Waals surface area contributed by atoms with Crippen LogP contribution in [0.4, 0.5) is 0 Å². The summed E-state index contributed by atoms with van der Waals surface area (Å²) >= 11 is 0. The largest absolute Gasteiger partial charge is 0.353 e. The second-order valence-electron chi connectivity index (χ2n) is 6.69. The van der Waals surface area contributed by atoms with Gasteiger partial charge in [0, 0.05) is 13.1 Å². The highest BCUT2D eigenvalue weighted by Gasteiger charge is 2.23. The predicted octanol–water partition coefficient (Wildman–Crippen LogP) is 2.51. The molecule has 0 bridgehead atoms. The van der Waals surface area contributed by atoms with E-state index in [9.17, 15) is 13.2 Å². The van der Waals surface area contributed by atoms with Crippen molar-refractivity contribution >= 4 is 15.9 Å². The minimum Gasteiger partial charge on any atom is -0.353 e. The van der Waals surface area contributed by atoms with Crippen molar-refractivity contribution in [1.82, 2.24) is 9.62 Å². The van der Waals surface area contributed by atoms with E-state index >= 15 is 0 Å². The van der Waals surface area contributed by atoms with Gasteiger partial charge in [-0.3, -0.25) is 4.79 Å². The number of hydrogen-bond acceptors (Lipinski definition) is 4. The Kier molecular flexibility index (Phi) is 8.07. The molecule has 0 aliphatic rings. The lowest BCUT2D eigenvalue weighted by atomic mass is 10.0. The molecule has 1 rings (SSSR count). The van der Waals surface area contributed by atoms with Crippen molar-refractivity contribution in [1.29, 1.82) is 5.26 Å². The fourth-order valence-electron chi connectivity index (χ4n) is 2.39. The summed E-state index contributed by atoms with van der Waals surface area (Å²) in [5, 5.41) is 11.6. The minimum absolute atomic E-state index is 0.0114. The normalized spacial score (nSPS) is 12.8. The lowest BCUT2D eigenvalue weighted by molar-refractivity contribution is -0.121. The van der Waals surface area contributed by atoms with E-state index in [0.717, 1.165) is 23.6 Å². The van der Waals surface area contributed by atoms with E-state index in [1.165, 1.54) is 31.3 Å². The molecule has 0 radical (unpaired) electrons. The Bertz CT molecular complexity index is 706. The van der Waals surface area contributed by atoms with Crippen LogP contribution >= 0.6 is 0 Å². The molecule has 0 aromatic heterocycles. The summed E-state index contributed by atoms with van der Waals surface area (Å²) in [7, 11) is -2.39. The number of amides is 1.